The van der Waals surface area contributed by atoms with Crippen LogP contribution in [0.2, 0.25) is 0 Å². The molecule has 4 nitrogen and oxygen atoms in total. The largest absolute Gasteiger partial charge is 0.507 e. The Balaban J connectivity index is 1.80. The first-order valence-electron chi connectivity index (χ1n) is 8.34. The molecule has 3 rings (SSSR count). The Labute approximate surface area is 138 Å². The molecule has 0 aliphatic carbocycles. The van der Waals surface area contributed by atoms with Crippen molar-refractivity contribution in [3.05, 3.63) is 41.1 Å². The second-order valence-electron chi connectivity index (χ2n) is 6.86. The van der Waals surface area contributed by atoms with Gasteiger partial charge in [0.05, 0.1) is 11.4 Å². The minimum Gasteiger partial charge on any atom is -0.507 e. The lowest BCUT2D eigenvalue weighted by molar-refractivity contribution is 0.208. The summed E-state index contributed by atoms with van der Waals surface area (Å²) in [5, 5.41) is 19.0. The topological polar surface area (TPSA) is 49.2 Å². The number of hydrogen-bond donors (Lipinski definition) is 1. The standard InChI is InChI=1S/C19H25N3O/c1-13-6-7-17(18(23)9-13)19-14(2)10-16(20-21-19)11-15-5-4-8-22(3)12-15/h6-7,9-10,15,23H,4-5,8,11-12H2,1-3H3/t15-/m0/s1. The fourth-order valence-electron chi connectivity index (χ4n) is 3.48. The van der Waals surface area contributed by atoms with Crippen LogP contribution in [0, 0.1) is 19.8 Å². The Hall–Kier alpha value is -1.94. The van der Waals surface area contributed by atoms with Gasteiger partial charge in [0.25, 0.3) is 0 Å². The zero-order valence-electron chi connectivity index (χ0n) is 14.2. The molecule has 1 aromatic carbocycles. The molecule has 1 aliphatic rings. The Kier molecular flexibility index (Phi) is 4.62. The van der Waals surface area contributed by atoms with Crippen LogP contribution in [0.1, 0.15) is 29.7 Å². The maximum absolute atomic E-state index is 10.2. The molecular formula is C19H25N3O. The highest BCUT2D eigenvalue weighted by molar-refractivity contribution is 5.69. The molecule has 0 bridgehead atoms. The highest BCUT2D eigenvalue weighted by atomic mass is 16.3. The fourth-order valence-corrected chi connectivity index (χ4v) is 3.48. The van der Waals surface area contributed by atoms with Crippen molar-refractivity contribution in [2.75, 3.05) is 20.1 Å². The lowest BCUT2D eigenvalue weighted by Crippen LogP contribution is -2.33. The second-order valence-corrected chi connectivity index (χ2v) is 6.86. The monoisotopic (exact) mass is 311 g/mol. The third kappa shape index (κ3) is 3.70. The summed E-state index contributed by atoms with van der Waals surface area (Å²) in [6.07, 6.45) is 3.52. The molecule has 1 fully saturated rings. The molecule has 1 aliphatic heterocycles. The van der Waals surface area contributed by atoms with E-state index < -0.39 is 0 Å². The first-order valence-corrected chi connectivity index (χ1v) is 8.34. The van der Waals surface area contributed by atoms with E-state index in [0.717, 1.165) is 41.0 Å². The fraction of sp³-hybridized carbons (Fsp3) is 0.474. The van der Waals surface area contributed by atoms with Crippen LogP contribution in [0.25, 0.3) is 11.3 Å². The lowest BCUT2D eigenvalue weighted by atomic mass is 9.93. The number of phenols is 1. The van der Waals surface area contributed by atoms with E-state index >= 15 is 0 Å². The van der Waals surface area contributed by atoms with Crippen molar-refractivity contribution in [1.29, 1.82) is 0 Å². The Morgan fingerprint density at radius 3 is 2.74 bits per heavy atom. The number of nitrogens with zero attached hydrogens (tertiary/aromatic N) is 3. The molecule has 4 heteroatoms. The summed E-state index contributed by atoms with van der Waals surface area (Å²) >= 11 is 0. The molecule has 0 spiro atoms. The first kappa shape index (κ1) is 15.9. The van der Waals surface area contributed by atoms with Crippen LogP contribution in [0.3, 0.4) is 0 Å². The Morgan fingerprint density at radius 1 is 1.22 bits per heavy atom. The van der Waals surface area contributed by atoms with Crippen molar-refractivity contribution >= 4 is 0 Å². The van der Waals surface area contributed by atoms with E-state index in [9.17, 15) is 5.11 Å². The van der Waals surface area contributed by atoms with Gasteiger partial charge in [0.2, 0.25) is 0 Å². The van der Waals surface area contributed by atoms with Crippen LogP contribution in [-0.4, -0.2) is 40.3 Å². The Bertz CT molecular complexity index is 699. The number of aromatic hydroxyl groups is 1. The zero-order chi connectivity index (χ0) is 16.4. The predicted octanol–water partition coefficient (Wildman–Crippen LogP) is 3.35. The summed E-state index contributed by atoms with van der Waals surface area (Å²) in [5.41, 5.74) is 4.68. The summed E-state index contributed by atoms with van der Waals surface area (Å²) in [6.45, 7) is 6.35. The highest BCUT2D eigenvalue weighted by Gasteiger charge is 2.19. The van der Waals surface area contributed by atoms with Crippen molar-refractivity contribution < 1.29 is 5.11 Å². The van der Waals surface area contributed by atoms with Gasteiger partial charge in [-0.15, -0.1) is 5.10 Å². The quantitative estimate of drug-likeness (QED) is 0.944. The van der Waals surface area contributed by atoms with Gasteiger partial charge in [-0.3, -0.25) is 0 Å². The highest BCUT2D eigenvalue weighted by Crippen LogP contribution is 2.30. The van der Waals surface area contributed by atoms with Crippen LogP contribution in [-0.2, 0) is 6.42 Å². The summed E-state index contributed by atoms with van der Waals surface area (Å²) in [4.78, 5) is 2.40. The predicted molar refractivity (Wildman–Crippen MR) is 92.5 cm³/mol. The van der Waals surface area contributed by atoms with E-state index in [-0.39, 0.29) is 5.75 Å². The number of rotatable bonds is 3. The summed E-state index contributed by atoms with van der Waals surface area (Å²) < 4.78 is 0. The van der Waals surface area contributed by atoms with Gasteiger partial charge in [-0.25, -0.2) is 0 Å². The van der Waals surface area contributed by atoms with E-state index in [0.29, 0.717) is 5.92 Å². The maximum Gasteiger partial charge on any atom is 0.125 e. The SMILES string of the molecule is Cc1ccc(-c2nnc(C[C@@H]3CCCN(C)C3)cc2C)c(O)c1. The maximum atomic E-state index is 10.2. The molecule has 1 saturated heterocycles. The number of hydrogen-bond acceptors (Lipinski definition) is 4. The summed E-state index contributed by atoms with van der Waals surface area (Å²) in [7, 11) is 2.19. The third-order valence-corrected chi connectivity index (χ3v) is 4.66. The van der Waals surface area contributed by atoms with E-state index in [1.54, 1.807) is 6.07 Å². The van der Waals surface area contributed by atoms with E-state index in [1.807, 2.05) is 26.0 Å². The van der Waals surface area contributed by atoms with Gasteiger partial charge in [0.15, 0.2) is 0 Å². The molecule has 0 unspecified atom stereocenters. The van der Waals surface area contributed by atoms with Crippen LogP contribution < -0.4 is 0 Å². The molecule has 122 valence electrons. The molecule has 2 aromatic rings. The van der Waals surface area contributed by atoms with Crippen molar-refractivity contribution in [2.45, 2.75) is 33.1 Å². The molecule has 0 saturated carbocycles. The van der Waals surface area contributed by atoms with Gasteiger partial charge in [0.1, 0.15) is 5.75 Å². The van der Waals surface area contributed by atoms with Gasteiger partial charge < -0.3 is 10.0 Å². The smallest absolute Gasteiger partial charge is 0.125 e. The van der Waals surface area contributed by atoms with Gasteiger partial charge >= 0.3 is 0 Å². The van der Waals surface area contributed by atoms with Gasteiger partial charge in [-0.1, -0.05) is 6.07 Å². The van der Waals surface area contributed by atoms with Crippen LogP contribution in [0.15, 0.2) is 24.3 Å². The molecule has 0 radical (unpaired) electrons. The van der Waals surface area contributed by atoms with Gasteiger partial charge in [0, 0.05) is 12.1 Å². The molecule has 23 heavy (non-hydrogen) atoms. The number of aryl methyl sites for hydroxylation is 2. The number of phenolic OH excluding ortho intramolecular Hbond substituents is 1. The first-order chi connectivity index (χ1) is 11.0. The summed E-state index contributed by atoms with van der Waals surface area (Å²) in [5.74, 6) is 0.935. The molecule has 1 aromatic heterocycles. The van der Waals surface area contributed by atoms with Crippen molar-refractivity contribution in [3.63, 3.8) is 0 Å². The van der Waals surface area contributed by atoms with Gasteiger partial charge in [-0.2, -0.15) is 5.10 Å². The number of piperidine rings is 1. The second kappa shape index (κ2) is 6.67. The summed E-state index contributed by atoms with van der Waals surface area (Å²) in [6, 6.07) is 7.79. The number of likely N-dealkylation sites (tertiary alicyclic amines) is 1. The normalized spacial score (nSPS) is 19.0. The van der Waals surface area contributed by atoms with E-state index in [2.05, 4.69) is 28.2 Å². The van der Waals surface area contributed by atoms with Crippen LogP contribution >= 0.6 is 0 Å². The number of benzene rings is 1. The van der Waals surface area contributed by atoms with E-state index in [1.165, 1.54) is 19.4 Å². The molecule has 0 amide bonds. The van der Waals surface area contributed by atoms with Crippen molar-refractivity contribution in [3.8, 4) is 17.0 Å². The molecule has 1 atom stereocenters. The van der Waals surface area contributed by atoms with E-state index in [4.69, 9.17) is 0 Å². The molecular weight excluding hydrogens is 286 g/mol. The number of aromatic nitrogens is 2. The zero-order valence-corrected chi connectivity index (χ0v) is 14.2. The average molecular weight is 311 g/mol. The third-order valence-electron chi connectivity index (χ3n) is 4.66. The Morgan fingerprint density at radius 2 is 2.04 bits per heavy atom. The lowest BCUT2D eigenvalue weighted by Gasteiger charge is -2.29. The minimum absolute atomic E-state index is 0.268. The average Bonchev–Trinajstić information content (AvgIpc) is 2.48. The van der Waals surface area contributed by atoms with Crippen molar-refractivity contribution in [2.24, 2.45) is 5.92 Å². The van der Waals surface area contributed by atoms with Crippen LogP contribution in [0.4, 0.5) is 0 Å². The van der Waals surface area contributed by atoms with Crippen LogP contribution in [0.5, 0.6) is 5.75 Å². The van der Waals surface area contributed by atoms with Gasteiger partial charge in [-0.05, 0) is 81.9 Å². The minimum atomic E-state index is 0.268. The molecule has 2 heterocycles. The molecule has 1 N–H and O–H groups in total. The van der Waals surface area contributed by atoms with Crippen molar-refractivity contribution in [1.82, 2.24) is 15.1 Å².